The monoisotopic (exact) mass is 421 g/mol. The van der Waals surface area contributed by atoms with Crippen LogP contribution in [0.3, 0.4) is 0 Å². The molecule has 0 aliphatic heterocycles. The van der Waals surface area contributed by atoms with Gasteiger partial charge < -0.3 is 10.6 Å². The fraction of sp³-hybridized carbons (Fsp3) is 0. The molecule has 3 aromatic rings. The van der Waals surface area contributed by atoms with E-state index >= 15 is 0 Å². The van der Waals surface area contributed by atoms with E-state index in [1.807, 2.05) is 6.07 Å². The Morgan fingerprint density at radius 2 is 1.53 bits per heavy atom. The van der Waals surface area contributed by atoms with Crippen LogP contribution in [-0.2, 0) is 4.79 Å². The van der Waals surface area contributed by atoms with Crippen LogP contribution in [0, 0.1) is 10.1 Å². The van der Waals surface area contributed by atoms with Gasteiger partial charge in [0, 0.05) is 17.8 Å². The van der Waals surface area contributed by atoms with Crippen LogP contribution < -0.4 is 10.6 Å². The van der Waals surface area contributed by atoms with Crippen molar-refractivity contribution in [3.63, 3.8) is 0 Å². The second kappa shape index (κ2) is 9.49. The normalized spacial score (nSPS) is 10.9. The van der Waals surface area contributed by atoms with Gasteiger partial charge in [0.25, 0.3) is 17.5 Å². The van der Waals surface area contributed by atoms with Crippen molar-refractivity contribution in [1.29, 1.82) is 0 Å². The van der Waals surface area contributed by atoms with Crippen molar-refractivity contribution in [3.8, 4) is 0 Å². The van der Waals surface area contributed by atoms with Gasteiger partial charge in [-0.3, -0.25) is 19.7 Å². The number of nitrogens with one attached hydrogen (secondary N) is 2. The second-order valence-electron chi connectivity index (χ2n) is 6.16. The fourth-order valence-electron chi connectivity index (χ4n) is 2.57. The maximum atomic E-state index is 12.8. The Kier molecular flexibility index (Phi) is 6.56. The van der Waals surface area contributed by atoms with E-state index in [1.165, 1.54) is 30.3 Å². The highest BCUT2D eigenvalue weighted by atomic mass is 35.5. The zero-order valence-corrected chi connectivity index (χ0v) is 16.3. The fourth-order valence-corrected chi connectivity index (χ4v) is 2.80. The van der Waals surface area contributed by atoms with Gasteiger partial charge in [0.05, 0.1) is 15.5 Å². The third-order valence-electron chi connectivity index (χ3n) is 4.06. The minimum Gasteiger partial charge on any atom is -0.321 e. The lowest BCUT2D eigenvalue weighted by Gasteiger charge is -2.12. The molecule has 0 spiro atoms. The summed E-state index contributed by atoms with van der Waals surface area (Å²) in [5, 5.41) is 16.2. The smallest absolute Gasteiger partial charge is 0.272 e. The van der Waals surface area contributed by atoms with E-state index in [0.717, 1.165) is 0 Å². The van der Waals surface area contributed by atoms with E-state index in [1.54, 1.807) is 48.5 Å². The number of nitro groups is 1. The first kappa shape index (κ1) is 20.8. The van der Waals surface area contributed by atoms with Crippen LogP contribution in [0.4, 0.5) is 11.4 Å². The van der Waals surface area contributed by atoms with Crippen LogP contribution in [0.25, 0.3) is 6.08 Å². The summed E-state index contributed by atoms with van der Waals surface area (Å²) in [6, 6.07) is 20.8. The molecule has 0 aromatic heterocycles. The molecule has 0 saturated carbocycles. The van der Waals surface area contributed by atoms with E-state index in [-0.39, 0.29) is 22.0 Å². The van der Waals surface area contributed by atoms with E-state index in [2.05, 4.69) is 10.6 Å². The maximum absolute atomic E-state index is 12.8. The summed E-state index contributed by atoms with van der Waals surface area (Å²) in [4.78, 5) is 35.7. The molecule has 0 radical (unpaired) electrons. The molecule has 150 valence electrons. The number of carbonyl (C=O) groups excluding carboxylic acids is 2. The Hall–Kier alpha value is -3.97. The third-order valence-corrected chi connectivity index (χ3v) is 4.39. The summed E-state index contributed by atoms with van der Waals surface area (Å²) in [7, 11) is 0. The zero-order valence-electron chi connectivity index (χ0n) is 15.5. The Morgan fingerprint density at radius 3 is 2.17 bits per heavy atom. The summed E-state index contributed by atoms with van der Waals surface area (Å²) in [5.74, 6) is -1.13. The van der Waals surface area contributed by atoms with Crippen molar-refractivity contribution in [2.24, 2.45) is 0 Å². The average Bonchev–Trinajstić information content (AvgIpc) is 2.74. The number of benzene rings is 3. The van der Waals surface area contributed by atoms with Crippen LogP contribution in [0.1, 0.15) is 15.9 Å². The molecule has 0 saturated heterocycles. The molecule has 0 bridgehead atoms. The Balaban J connectivity index is 1.86. The lowest BCUT2D eigenvalue weighted by molar-refractivity contribution is -0.384. The SMILES string of the molecule is O=C(Nc1ccc([N+](=O)[O-])cc1)/C(=C\c1ccccc1)NC(=O)c1ccccc1Cl. The van der Waals surface area contributed by atoms with Gasteiger partial charge in [0.1, 0.15) is 5.70 Å². The Labute approximate surface area is 177 Å². The number of halogens is 1. The van der Waals surface area contributed by atoms with Crippen molar-refractivity contribution in [3.05, 3.63) is 111 Å². The van der Waals surface area contributed by atoms with Crippen molar-refractivity contribution >= 4 is 40.9 Å². The highest BCUT2D eigenvalue weighted by Gasteiger charge is 2.17. The van der Waals surface area contributed by atoms with Gasteiger partial charge in [0.15, 0.2) is 0 Å². The molecular weight excluding hydrogens is 406 g/mol. The van der Waals surface area contributed by atoms with Crippen LogP contribution in [0.2, 0.25) is 5.02 Å². The summed E-state index contributed by atoms with van der Waals surface area (Å²) in [6.07, 6.45) is 1.52. The predicted molar refractivity (Wildman–Crippen MR) is 115 cm³/mol. The van der Waals surface area contributed by atoms with Gasteiger partial charge in [-0.2, -0.15) is 0 Å². The largest absolute Gasteiger partial charge is 0.321 e. The molecule has 0 atom stereocenters. The van der Waals surface area contributed by atoms with Crippen molar-refractivity contribution in [1.82, 2.24) is 5.32 Å². The predicted octanol–water partition coefficient (Wildman–Crippen LogP) is 4.66. The molecule has 0 heterocycles. The molecule has 3 aromatic carbocycles. The van der Waals surface area contributed by atoms with E-state index < -0.39 is 16.7 Å². The van der Waals surface area contributed by atoms with Crippen molar-refractivity contribution < 1.29 is 14.5 Å². The van der Waals surface area contributed by atoms with Gasteiger partial charge in [-0.25, -0.2) is 0 Å². The number of nitrogens with zero attached hydrogens (tertiary/aromatic N) is 1. The summed E-state index contributed by atoms with van der Waals surface area (Å²) in [5.41, 5.74) is 1.16. The maximum Gasteiger partial charge on any atom is 0.272 e. The number of nitro benzene ring substituents is 1. The van der Waals surface area contributed by atoms with Gasteiger partial charge in [-0.15, -0.1) is 0 Å². The number of carbonyl (C=O) groups is 2. The molecule has 0 aliphatic carbocycles. The van der Waals surface area contributed by atoms with Crippen LogP contribution in [0.15, 0.2) is 84.6 Å². The highest BCUT2D eigenvalue weighted by molar-refractivity contribution is 6.34. The zero-order chi connectivity index (χ0) is 21.5. The molecule has 30 heavy (non-hydrogen) atoms. The first-order chi connectivity index (χ1) is 14.4. The molecule has 8 heteroatoms. The van der Waals surface area contributed by atoms with Crippen LogP contribution in [-0.4, -0.2) is 16.7 Å². The molecule has 7 nitrogen and oxygen atoms in total. The number of hydrogen-bond acceptors (Lipinski definition) is 4. The van der Waals surface area contributed by atoms with Gasteiger partial charge >= 0.3 is 0 Å². The molecule has 0 unspecified atom stereocenters. The topological polar surface area (TPSA) is 101 Å². The van der Waals surface area contributed by atoms with Crippen LogP contribution >= 0.6 is 11.6 Å². The highest BCUT2D eigenvalue weighted by Crippen LogP contribution is 2.18. The first-order valence-corrected chi connectivity index (χ1v) is 9.20. The molecule has 0 aliphatic rings. The Morgan fingerprint density at radius 1 is 0.900 bits per heavy atom. The molecule has 2 amide bonds. The number of anilines is 1. The molecule has 0 fully saturated rings. The van der Waals surface area contributed by atoms with Crippen LogP contribution in [0.5, 0.6) is 0 Å². The van der Waals surface area contributed by atoms with Crippen molar-refractivity contribution in [2.75, 3.05) is 5.32 Å². The number of rotatable bonds is 6. The summed E-state index contributed by atoms with van der Waals surface area (Å²) < 4.78 is 0. The molecule has 2 N–H and O–H groups in total. The number of hydrogen-bond donors (Lipinski definition) is 2. The quantitative estimate of drug-likeness (QED) is 0.343. The van der Waals surface area contributed by atoms with Crippen molar-refractivity contribution in [2.45, 2.75) is 0 Å². The summed E-state index contributed by atoms with van der Waals surface area (Å²) in [6.45, 7) is 0. The van der Waals surface area contributed by atoms with E-state index in [9.17, 15) is 19.7 Å². The Bertz CT molecular complexity index is 1110. The number of non-ortho nitro benzene ring substituents is 1. The van der Waals surface area contributed by atoms with Gasteiger partial charge in [-0.1, -0.05) is 54.1 Å². The standard InChI is InChI=1S/C22H16ClN3O4/c23-19-9-5-4-8-18(19)21(27)25-20(14-15-6-2-1-3-7-15)22(28)24-16-10-12-17(13-11-16)26(29)30/h1-14H,(H,24,28)(H,25,27)/b20-14+. The minimum atomic E-state index is -0.590. The lowest BCUT2D eigenvalue weighted by atomic mass is 10.1. The van der Waals surface area contributed by atoms with Gasteiger partial charge in [0.2, 0.25) is 0 Å². The third kappa shape index (κ3) is 5.30. The van der Waals surface area contributed by atoms with E-state index in [0.29, 0.717) is 11.3 Å². The lowest BCUT2D eigenvalue weighted by Crippen LogP contribution is -2.30. The van der Waals surface area contributed by atoms with E-state index in [4.69, 9.17) is 11.6 Å². The minimum absolute atomic E-state index is 0.00975. The van der Waals surface area contributed by atoms with Gasteiger partial charge in [-0.05, 0) is 35.9 Å². The average molecular weight is 422 g/mol. The second-order valence-corrected chi connectivity index (χ2v) is 6.57. The number of amides is 2. The first-order valence-electron chi connectivity index (χ1n) is 8.82. The molecular formula is C22H16ClN3O4. The summed E-state index contributed by atoms with van der Waals surface area (Å²) >= 11 is 6.08. The molecule has 3 rings (SSSR count).